The van der Waals surface area contributed by atoms with Gasteiger partial charge in [-0.05, 0) is 38.1 Å². The van der Waals surface area contributed by atoms with Crippen LogP contribution in [0.5, 0.6) is 11.5 Å². The molecule has 1 fully saturated rings. The van der Waals surface area contributed by atoms with Gasteiger partial charge in [0.1, 0.15) is 18.1 Å². The Morgan fingerprint density at radius 1 is 1.21 bits per heavy atom. The van der Waals surface area contributed by atoms with E-state index in [0.29, 0.717) is 19.8 Å². The molecule has 0 saturated carbocycles. The standard InChI is InChI=1S/C20H25N3O4.C2HF3O2/c1-22-8-4-15(21-22)13-26-16-2-3-17-18(12-16)27-14-20(17)6-10-23(11-7-20)9-5-19(24)25;3-2(4,5)1(6)7/h2-4,8,12H,5-7,9-11,13-14H2,1H3,(H,24,25);(H,6,7). The number of benzene rings is 1. The highest BCUT2D eigenvalue weighted by Gasteiger charge is 2.43. The zero-order valence-corrected chi connectivity index (χ0v) is 18.5. The first kappa shape index (κ1) is 25.3. The number of carbonyl (C=O) groups is 2. The molecule has 1 aromatic carbocycles. The van der Waals surface area contributed by atoms with Crippen LogP contribution < -0.4 is 9.47 Å². The van der Waals surface area contributed by atoms with Crippen LogP contribution in [0.25, 0.3) is 0 Å². The Bertz CT molecular complexity index is 1020. The highest BCUT2D eigenvalue weighted by atomic mass is 19.4. The van der Waals surface area contributed by atoms with Gasteiger partial charge >= 0.3 is 18.1 Å². The van der Waals surface area contributed by atoms with Crippen molar-refractivity contribution in [2.45, 2.75) is 37.5 Å². The molecule has 2 aromatic rings. The van der Waals surface area contributed by atoms with Gasteiger partial charge in [-0.15, -0.1) is 0 Å². The van der Waals surface area contributed by atoms with Crippen LogP contribution in [0.15, 0.2) is 30.5 Å². The molecule has 2 aliphatic rings. The number of likely N-dealkylation sites (tertiary alicyclic amines) is 1. The van der Waals surface area contributed by atoms with Crippen molar-refractivity contribution in [3.8, 4) is 11.5 Å². The van der Waals surface area contributed by atoms with Gasteiger partial charge in [-0.25, -0.2) is 4.79 Å². The van der Waals surface area contributed by atoms with Crippen molar-refractivity contribution in [2.75, 3.05) is 26.2 Å². The van der Waals surface area contributed by atoms with Crippen molar-refractivity contribution in [1.29, 1.82) is 0 Å². The normalized spacial score (nSPS) is 16.8. The second-order valence-corrected chi connectivity index (χ2v) is 8.28. The molecule has 1 aromatic heterocycles. The number of carboxylic acids is 2. The Morgan fingerprint density at radius 2 is 1.88 bits per heavy atom. The summed E-state index contributed by atoms with van der Waals surface area (Å²) in [7, 11) is 1.89. The van der Waals surface area contributed by atoms with Gasteiger partial charge in [0, 0.05) is 36.8 Å². The Morgan fingerprint density at radius 3 is 2.44 bits per heavy atom. The summed E-state index contributed by atoms with van der Waals surface area (Å²) in [6, 6.07) is 8.05. The molecule has 1 spiro atoms. The average molecular weight is 485 g/mol. The summed E-state index contributed by atoms with van der Waals surface area (Å²) in [6.45, 7) is 3.57. The number of fused-ring (bicyclic) bond motifs is 2. The lowest BCUT2D eigenvalue weighted by atomic mass is 9.74. The largest absolute Gasteiger partial charge is 0.492 e. The first-order valence-electron chi connectivity index (χ1n) is 10.6. The van der Waals surface area contributed by atoms with E-state index in [1.807, 2.05) is 31.4 Å². The third-order valence-corrected chi connectivity index (χ3v) is 5.88. The SMILES string of the molecule is Cn1ccc(COc2ccc3c(c2)OCC32CCN(CCC(=O)O)CC2)n1.O=C(O)C(F)(F)F. The molecule has 3 heterocycles. The molecule has 1 saturated heterocycles. The second-order valence-electron chi connectivity index (χ2n) is 8.28. The van der Waals surface area contributed by atoms with E-state index in [1.165, 1.54) is 5.56 Å². The number of alkyl halides is 3. The molecule has 2 N–H and O–H groups in total. The second kappa shape index (κ2) is 10.3. The van der Waals surface area contributed by atoms with E-state index in [-0.39, 0.29) is 11.8 Å². The highest BCUT2D eigenvalue weighted by Crippen LogP contribution is 2.46. The number of aromatic nitrogens is 2. The van der Waals surface area contributed by atoms with Crippen LogP contribution in [0.4, 0.5) is 13.2 Å². The first-order chi connectivity index (χ1) is 16.0. The number of carboxylic acid groups (broad SMARTS) is 2. The molecule has 4 rings (SSSR count). The number of aliphatic carboxylic acids is 2. The zero-order chi connectivity index (χ0) is 24.9. The average Bonchev–Trinajstić information content (AvgIpc) is 3.35. The number of piperidine rings is 1. The Labute approximate surface area is 193 Å². The number of halogens is 3. The van der Waals surface area contributed by atoms with Gasteiger partial charge in [0.2, 0.25) is 0 Å². The Hall–Kier alpha value is -3.28. The number of hydrogen-bond donors (Lipinski definition) is 2. The predicted molar refractivity (Wildman–Crippen MR) is 113 cm³/mol. The summed E-state index contributed by atoms with van der Waals surface area (Å²) in [5, 5.41) is 20.3. The minimum atomic E-state index is -5.08. The topological polar surface area (TPSA) is 114 Å². The lowest BCUT2D eigenvalue weighted by molar-refractivity contribution is -0.192. The first-order valence-corrected chi connectivity index (χ1v) is 10.6. The van der Waals surface area contributed by atoms with Crippen LogP contribution in [-0.4, -0.2) is 69.2 Å². The fourth-order valence-electron chi connectivity index (χ4n) is 4.01. The van der Waals surface area contributed by atoms with Crippen LogP contribution in [0, 0.1) is 0 Å². The van der Waals surface area contributed by atoms with Crippen LogP contribution in [0.2, 0.25) is 0 Å². The number of rotatable bonds is 6. The zero-order valence-electron chi connectivity index (χ0n) is 18.5. The van der Waals surface area contributed by atoms with Crippen LogP contribution in [0.3, 0.4) is 0 Å². The highest BCUT2D eigenvalue weighted by molar-refractivity contribution is 5.73. The minimum Gasteiger partial charge on any atom is -0.492 e. The summed E-state index contributed by atoms with van der Waals surface area (Å²) < 4.78 is 45.4. The van der Waals surface area contributed by atoms with Crippen LogP contribution >= 0.6 is 0 Å². The van der Waals surface area contributed by atoms with Crippen molar-refractivity contribution in [3.05, 3.63) is 41.7 Å². The maximum Gasteiger partial charge on any atom is 0.490 e. The molecule has 2 aliphatic heterocycles. The third-order valence-electron chi connectivity index (χ3n) is 5.88. The molecule has 0 bridgehead atoms. The number of ether oxygens (including phenoxy) is 2. The molecule has 186 valence electrons. The summed E-state index contributed by atoms with van der Waals surface area (Å²) in [4.78, 5) is 21.9. The van der Waals surface area contributed by atoms with Crippen molar-refractivity contribution in [3.63, 3.8) is 0 Å². The van der Waals surface area contributed by atoms with Gasteiger partial charge < -0.3 is 24.6 Å². The molecular formula is C22H26F3N3O6. The number of aryl methyl sites for hydroxylation is 1. The van der Waals surface area contributed by atoms with E-state index >= 15 is 0 Å². The predicted octanol–water partition coefficient (Wildman–Crippen LogP) is 2.83. The number of nitrogens with zero attached hydrogens (tertiary/aromatic N) is 3. The maximum absolute atomic E-state index is 10.8. The van der Waals surface area contributed by atoms with Crippen molar-refractivity contribution >= 4 is 11.9 Å². The quantitative estimate of drug-likeness (QED) is 0.642. The van der Waals surface area contributed by atoms with Gasteiger partial charge in [-0.2, -0.15) is 18.3 Å². The van der Waals surface area contributed by atoms with Gasteiger partial charge in [0.05, 0.1) is 18.7 Å². The van der Waals surface area contributed by atoms with E-state index < -0.39 is 18.1 Å². The smallest absolute Gasteiger partial charge is 0.490 e. The lowest BCUT2D eigenvalue weighted by Gasteiger charge is -2.38. The van der Waals surface area contributed by atoms with Gasteiger partial charge in [-0.1, -0.05) is 6.07 Å². The van der Waals surface area contributed by atoms with Gasteiger partial charge in [0.25, 0.3) is 0 Å². The Kier molecular flexibility index (Phi) is 7.70. The van der Waals surface area contributed by atoms with E-state index in [2.05, 4.69) is 16.1 Å². The molecule has 12 heteroatoms. The molecule has 0 amide bonds. The van der Waals surface area contributed by atoms with Crippen molar-refractivity contribution in [2.24, 2.45) is 7.05 Å². The van der Waals surface area contributed by atoms with E-state index in [9.17, 15) is 18.0 Å². The van der Waals surface area contributed by atoms with Crippen LogP contribution in [0.1, 0.15) is 30.5 Å². The van der Waals surface area contributed by atoms with Crippen molar-refractivity contribution < 1.29 is 42.4 Å². The van der Waals surface area contributed by atoms with Crippen molar-refractivity contribution in [1.82, 2.24) is 14.7 Å². The maximum atomic E-state index is 10.8. The minimum absolute atomic E-state index is 0.0502. The van der Waals surface area contributed by atoms with Gasteiger partial charge in [0.15, 0.2) is 0 Å². The summed E-state index contributed by atoms with van der Waals surface area (Å²) in [5.74, 6) is -1.79. The fraction of sp³-hybridized carbons (Fsp3) is 0.500. The summed E-state index contributed by atoms with van der Waals surface area (Å²) in [6.07, 6.45) is -0.990. The molecule has 0 radical (unpaired) electrons. The fourth-order valence-corrected chi connectivity index (χ4v) is 4.01. The molecule has 0 aliphatic carbocycles. The summed E-state index contributed by atoms with van der Waals surface area (Å²) >= 11 is 0. The van der Waals surface area contributed by atoms with Crippen LogP contribution in [-0.2, 0) is 28.7 Å². The molecule has 34 heavy (non-hydrogen) atoms. The lowest BCUT2D eigenvalue weighted by Crippen LogP contribution is -2.44. The van der Waals surface area contributed by atoms with Gasteiger partial charge in [-0.3, -0.25) is 9.48 Å². The molecule has 0 atom stereocenters. The molecular weight excluding hydrogens is 459 g/mol. The van der Waals surface area contributed by atoms with E-state index in [4.69, 9.17) is 24.5 Å². The number of hydrogen-bond acceptors (Lipinski definition) is 6. The molecule has 9 nitrogen and oxygen atoms in total. The monoisotopic (exact) mass is 485 g/mol. The Balaban J connectivity index is 0.000000406. The molecule has 0 unspecified atom stereocenters. The third kappa shape index (κ3) is 6.40. The van der Waals surface area contributed by atoms with E-state index in [0.717, 1.165) is 43.1 Å². The summed E-state index contributed by atoms with van der Waals surface area (Å²) in [5.41, 5.74) is 2.20. The van der Waals surface area contributed by atoms with E-state index in [1.54, 1.807) is 4.68 Å².